The van der Waals surface area contributed by atoms with Gasteiger partial charge in [0.25, 0.3) is 0 Å². The lowest BCUT2D eigenvalue weighted by Gasteiger charge is -2.07. The molecule has 2 nitrogen and oxygen atoms in total. The standard InChI is InChI=1S/C17H23BrN2S/c1-5-6-15-16(10-19-11(2)3)21-17(20-15)13-8-7-12(4)9-14(13)18/h7-9,11,19H,5-6,10H2,1-4H3. The van der Waals surface area contributed by atoms with Crippen LogP contribution in [-0.4, -0.2) is 11.0 Å². The summed E-state index contributed by atoms with van der Waals surface area (Å²) in [5, 5.41) is 4.62. The number of hydrogen-bond donors (Lipinski definition) is 1. The second-order valence-corrected chi connectivity index (χ2v) is 7.60. The van der Waals surface area contributed by atoms with Crippen LogP contribution >= 0.6 is 27.3 Å². The Morgan fingerprint density at radius 3 is 2.71 bits per heavy atom. The molecule has 0 unspecified atom stereocenters. The van der Waals surface area contributed by atoms with E-state index in [1.54, 1.807) is 0 Å². The molecule has 0 radical (unpaired) electrons. The van der Waals surface area contributed by atoms with Crippen LogP contribution in [0.4, 0.5) is 0 Å². The van der Waals surface area contributed by atoms with Gasteiger partial charge in [-0.3, -0.25) is 0 Å². The van der Waals surface area contributed by atoms with E-state index in [4.69, 9.17) is 4.98 Å². The van der Waals surface area contributed by atoms with E-state index in [9.17, 15) is 0 Å². The molecular formula is C17H23BrN2S. The lowest BCUT2D eigenvalue weighted by atomic mass is 10.1. The molecule has 0 aliphatic rings. The van der Waals surface area contributed by atoms with Gasteiger partial charge in [-0.2, -0.15) is 0 Å². The molecular weight excluding hydrogens is 344 g/mol. The summed E-state index contributed by atoms with van der Waals surface area (Å²) in [5.41, 5.74) is 3.70. The summed E-state index contributed by atoms with van der Waals surface area (Å²) in [4.78, 5) is 6.26. The number of benzene rings is 1. The van der Waals surface area contributed by atoms with Gasteiger partial charge >= 0.3 is 0 Å². The zero-order valence-electron chi connectivity index (χ0n) is 13.2. The summed E-state index contributed by atoms with van der Waals surface area (Å²) in [7, 11) is 0. The topological polar surface area (TPSA) is 24.9 Å². The van der Waals surface area contributed by atoms with Crippen LogP contribution in [0.5, 0.6) is 0 Å². The van der Waals surface area contributed by atoms with E-state index in [2.05, 4.69) is 67.1 Å². The van der Waals surface area contributed by atoms with Crippen LogP contribution in [-0.2, 0) is 13.0 Å². The van der Waals surface area contributed by atoms with Gasteiger partial charge < -0.3 is 5.32 Å². The Morgan fingerprint density at radius 2 is 2.10 bits per heavy atom. The molecule has 1 heterocycles. The molecule has 1 aromatic heterocycles. The van der Waals surface area contributed by atoms with Crippen molar-refractivity contribution >= 4 is 27.3 Å². The molecule has 2 rings (SSSR count). The molecule has 0 saturated carbocycles. The number of nitrogens with one attached hydrogen (secondary N) is 1. The largest absolute Gasteiger partial charge is 0.310 e. The van der Waals surface area contributed by atoms with E-state index in [0.717, 1.165) is 28.9 Å². The molecule has 0 bridgehead atoms. The molecule has 4 heteroatoms. The molecule has 114 valence electrons. The second kappa shape index (κ2) is 7.52. The van der Waals surface area contributed by atoms with Crippen molar-refractivity contribution in [2.75, 3.05) is 0 Å². The molecule has 21 heavy (non-hydrogen) atoms. The zero-order chi connectivity index (χ0) is 15.4. The molecule has 0 atom stereocenters. The van der Waals surface area contributed by atoms with Crippen LogP contribution < -0.4 is 5.32 Å². The van der Waals surface area contributed by atoms with Gasteiger partial charge in [0.05, 0.1) is 5.69 Å². The number of aryl methyl sites for hydroxylation is 2. The van der Waals surface area contributed by atoms with Gasteiger partial charge in [0, 0.05) is 27.5 Å². The molecule has 0 amide bonds. The number of hydrogen-bond acceptors (Lipinski definition) is 3. The first-order chi connectivity index (χ1) is 10.0. The second-order valence-electron chi connectivity index (χ2n) is 5.66. The van der Waals surface area contributed by atoms with Gasteiger partial charge in [-0.05, 0) is 25.0 Å². The molecule has 1 aromatic carbocycles. The quantitative estimate of drug-likeness (QED) is 0.746. The van der Waals surface area contributed by atoms with Crippen molar-refractivity contribution in [3.05, 3.63) is 38.8 Å². The van der Waals surface area contributed by atoms with E-state index in [1.165, 1.54) is 21.7 Å². The fourth-order valence-electron chi connectivity index (χ4n) is 2.16. The minimum Gasteiger partial charge on any atom is -0.310 e. The predicted octanol–water partition coefficient (Wildman–Crippen LogP) is 5.33. The van der Waals surface area contributed by atoms with E-state index < -0.39 is 0 Å². The maximum absolute atomic E-state index is 4.89. The number of nitrogens with zero attached hydrogens (tertiary/aromatic N) is 1. The Balaban J connectivity index is 2.33. The van der Waals surface area contributed by atoms with Crippen LogP contribution in [0.2, 0.25) is 0 Å². The Morgan fingerprint density at radius 1 is 1.33 bits per heavy atom. The number of aromatic nitrogens is 1. The first kappa shape index (κ1) is 16.7. The van der Waals surface area contributed by atoms with Gasteiger partial charge in [0.15, 0.2) is 0 Å². The third-order valence-electron chi connectivity index (χ3n) is 3.29. The maximum Gasteiger partial charge on any atom is 0.125 e. The lowest BCUT2D eigenvalue weighted by molar-refractivity contribution is 0.589. The zero-order valence-corrected chi connectivity index (χ0v) is 15.6. The van der Waals surface area contributed by atoms with E-state index in [-0.39, 0.29) is 0 Å². The van der Waals surface area contributed by atoms with Gasteiger partial charge in [-0.1, -0.05) is 55.3 Å². The van der Waals surface area contributed by atoms with Crippen molar-refractivity contribution in [1.82, 2.24) is 10.3 Å². The van der Waals surface area contributed by atoms with Crippen molar-refractivity contribution in [3.63, 3.8) is 0 Å². The first-order valence-corrected chi connectivity index (χ1v) is 9.10. The molecule has 0 fully saturated rings. The highest BCUT2D eigenvalue weighted by molar-refractivity contribution is 9.10. The Bertz CT molecular complexity index is 605. The first-order valence-electron chi connectivity index (χ1n) is 7.49. The number of halogens is 1. The molecule has 1 N–H and O–H groups in total. The van der Waals surface area contributed by atoms with Crippen molar-refractivity contribution in [2.45, 2.75) is 53.1 Å². The average molecular weight is 367 g/mol. The normalized spacial score (nSPS) is 11.3. The molecule has 0 saturated heterocycles. The van der Waals surface area contributed by atoms with Crippen molar-refractivity contribution < 1.29 is 0 Å². The SMILES string of the molecule is CCCc1nc(-c2ccc(C)cc2Br)sc1CNC(C)C. The number of rotatable bonds is 6. The maximum atomic E-state index is 4.89. The van der Waals surface area contributed by atoms with Crippen LogP contribution in [0.15, 0.2) is 22.7 Å². The van der Waals surface area contributed by atoms with Crippen LogP contribution in [0.1, 0.15) is 43.3 Å². The average Bonchev–Trinajstić information content (AvgIpc) is 2.80. The summed E-state index contributed by atoms with van der Waals surface area (Å²) in [6, 6.07) is 6.96. The lowest BCUT2D eigenvalue weighted by Crippen LogP contribution is -2.21. The Kier molecular flexibility index (Phi) is 5.97. The minimum absolute atomic E-state index is 0.496. The highest BCUT2D eigenvalue weighted by Crippen LogP contribution is 2.34. The molecule has 2 aromatic rings. The van der Waals surface area contributed by atoms with Crippen molar-refractivity contribution in [3.8, 4) is 10.6 Å². The summed E-state index contributed by atoms with van der Waals surface area (Å²) in [6.45, 7) is 9.58. The van der Waals surface area contributed by atoms with E-state index in [0.29, 0.717) is 6.04 Å². The van der Waals surface area contributed by atoms with Gasteiger partial charge in [-0.25, -0.2) is 4.98 Å². The van der Waals surface area contributed by atoms with E-state index >= 15 is 0 Å². The smallest absolute Gasteiger partial charge is 0.125 e. The van der Waals surface area contributed by atoms with Crippen molar-refractivity contribution in [2.24, 2.45) is 0 Å². The van der Waals surface area contributed by atoms with Crippen LogP contribution in [0, 0.1) is 6.92 Å². The predicted molar refractivity (Wildman–Crippen MR) is 96.0 cm³/mol. The van der Waals surface area contributed by atoms with Crippen LogP contribution in [0.25, 0.3) is 10.6 Å². The fraction of sp³-hybridized carbons (Fsp3) is 0.471. The van der Waals surface area contributed by atoms with Gasteiger partial charge in [0.1, 0.15) is 5.01 Å². The third-order valence-corrected chi connectivity index (χ3v) is 5.08. The fourth-order valence-corrected chi connectivity index (χ4v) is 4.07. The molecule has 0 spiro atoms. The van der Waals surface area contributed by atoms with Gasteiger partial charge in [-0.15, -0.1) is 11.3 Å². The van der Waals surface area contributed by atoms with Gasteiger partial charge in [0.2, 0.25) is 0 Å². The summed E-state index contributed by atoms with van der Waals surface area (Å²) in [6.07, 6.45) is 2.18. The molecule has 0 aliphatic heterocycles. The van der Waals surface area contributed by atoms with Crippen molar-refractivity contribution in [1.29, 1.82) is 0 Å². The van der Waals surface area contributed by atoms with Crippen LogP contribution in [0.3, 0.4) is 0 Å². The summed E-state index contributed by atoms with van der Waals surface area (Å²) < 4.78 is 1.13. The van der Waals surface area contributed by atoms with E-state index in [1.807, 2.05) is 11.3 Å². The summed E-state index contributed by atoms with van der Waals surface area (Å²) >= 11 is 5.48. The molecule has 0 aliphatic carbocycles. The highest BCUT2D eigenvalue weighted by Gasteiger charge is 2.14. The minimum atomic E-state index is 0.496. The number of thiazole rings is 1. The third kappa shape index (κ3) is 4.38. The highest BCUT2D eigenvalue weighted by atomic mass is 79.9. The summed E-state index contributed by atoms with van der Waals surface area (Å²) in [5.74, 6) is 0. The Hall–Kier alpha value is -0.710. The monoisotopic (exact) mass is 366 g/mol. The Labute approximate surface area is 140 Å².